The Morgan fingerprint density at radius 3 is 1.82 bits per heavy atom. The molecule has 1 aliphatic rings. The zero-order valence-electron chi connectivity index (χ0n) is 22.4. The Morgan fingerprint density at radius 2 is 1.38 bits per heavy atom. The third-order valence-electron chi connectivity index (χ3n) is 8.02. The van der Waals surface area contributed by atoms with Crippen LogP contribution < -0.4 is 0 Å². The molecule has 0 nitrogen and oxygen atoms in total. The number of halogens is 4. The fraction of sp³-hybridized carbons (Fsp3) is 0.724. The predicted molar refractivity (Wildman–Crippen MR) is 140 cm³/mol. The summed E-state index contributed by atoms with van der Waals surface area (Å²) in [6.45, 7) is 18.7. The zero-order valence-corrected chi connectivity index (χ0v) is 22.4. The lowest BCUT2D eigenvalue weighted by Crippen LogP contribution is -2.55. The lowest BCUT2D eigenvalue weighted by molar-refractivity contribution is -0.228. The zero-order chi connectivity index (χ0) is 26.2. The second-order valence-electron chi connectivity index (χ2n) is 10.7. The van der Waals surface area contributed by atoms with Crippen LogP contribution in [0.15, 0.2) is 47.5 Å². The van der Waals surface area contributed by atoms with Crippen LogP contribution in [0.4, 0.5) is 17.6 Å². The summed E-state index contributed by atoms with van der Waals surface area (Å²) in [5.41, 5.74) is 0.945. The van der Waals surface area contributed by atoms with Crippen LogP contribution in [0.3, 0.4) is 0 Å². The highest BCUT2D eigenvalue weighted by molar-refractivity contribution is 6.50. The van der Waals surface area contributed by atoms with Crippen LogP contribution in [0, 0.1) is 10.8 Å². The van der Waals surface area contributed by atoms with Gasteiger partial charge in [-0.1, -0.05) is 104 Å². The van der Waals surface area contributed by atoms with E-state index in [9.17, 15) is 0 Å². The second-order valence-corrected chi connectivity index (χ2v) is 10.7. The summed E-state index contributed by atoms with van der Waals surface area (Å²) in [5, 5.41) is 0. The first-order valence-electron chi connectivity index (χ1n) is 13.1. The van der Waals surface area contributed by atoms with Gasteiger partial charge in [-0.3, -0.25) is 0 Å². The standard InChI is InChI=1S/C29H46BF4/c1-9-14-21-26(6,7)24(10-2)22-19-17-15-16-18-20-23(22)25(11-3)30-29(33,34)28(31,32)27(8,12-4)13-5/h10-11H,2-3,9,12-21H2,1,4-8H3/b24-22+,25-23+. The predicted octanol–water partition coefficient (Wildman–Crippen LogP) is 10.2. The molecule has 1 fully saturated rings. The van der Waals surface area contributed by atoms with Crippen molar-refractivity contribution >= 4 is 7.28 Å². The van der Waals surface area contributed by atoms with Crippen LogP contribution in [0.1, 0.15) is 112 Å². The van der Waals surface area contributed by atoms with Gasteiger partial charge in [-0.2, -0.15) is 0 Å². The van der Waals surface area contributed by atoms with Gasteiger partial charge in [0.25, 0.3) is 13.1 Å². The average molecular weight is 481 g/mol. The highest BCUT2D eigenvalue weighted by Crippen LogP contribution is 2.51. The first-order chi connectivity index (χ1) is 15.8. The van der Waals surface area contributed by atoms with Crippen molar-refractivity contribution in [3.8, 4) is 0 Å². The van der Waals surface area contributed by atoms with E-state index in [0.717, 1.165) is 68.1 Å². The Kier molecular flexibility index (Phi) is 11.4. The number of unbranched alkanes of at least 4 members (excludes halogenated alkanes) is 1. The van der Waals surface area contributed by atoms with E-state index in [1.54, 1.807) is 13.8 Å². The van der Waals surface area contributed by atoms with Crippen molar-refractivity contribution in [1.29, 1.82) is 0 Å². The Hall–Kier alpha value is -1.26. The summed E-state index contributed by atoms with van der Waals surface area (Å²) in [4.78, 5) is 0. The minimum absolute atomic E-state index is 0.0304. The molecule has 0 bridgehead atoms. The van der Waals surface area contributed by atoms with Crippen LogP contribution in [-0.2, 0) is 0 Å². The molecule has 1 saturated carbocycles. The number of hydrogen-bond donors (Lipinski definition) is 0. The van der Waals surface area contributed by atoms with Crippen molar-refractivity contribution in [1.82, 2.24) is 0 Å². The molecule has 1 aliphatic carbocycles. The van der Waals surface area contributed by atoms with Gasteiger partial charge in [0.1, 0.15) is 0 Å². The molecule has 1 rings (SSSR count). The Bertz CT molecular complexity index is 754. The SMILES string of the molecule is C=C/C([B]C(F)(F)C(F)(F)C(C)(CC)CC)=C1/CCCCCC/C1=C(/C=C)C(C)(C)CCCC. The molecule has 0 unspecified atom stereocenters. The molecule has 0 amide bonds. The van der Waals surface area contributed by atoms with Gasteiger partial charge in [0, 0.05) is 5.41 Å². The summed E-state index contributed by atoms with van der Waals surface area (Å²) in [6, 6.07) is 0. The first-order valence-corrected chi connectivity index (χ1v) is 13.1. The van der Waals surface area contributed by atoms with Crippen LogP contribution in [0.2, 0.25) is 0 Å². The number of alkyl halides is 4. The van der Waals surface area contributed by atoms with E-state index < -0.39 is 17.2 Å². The summed E-state index contributed by atoms with van der Waals surface area (Å²) in [7, 11) is 0.500. The number of allylic oxidation sites excluding steroid dienone is 6. The smallest absolute Gasteiger partial charge is 0.211 e. The third-order valence-corrected chi connectivity index (χ3v) is 8.02. The van der Waals surface area contributed by atoms with E-state index in [2.05, 4.69) is 33.9 Å². The van der Waals surface area contributed by atoms with Gasteiger partial charge in [-0.15, -0.1) is 0 Å². The monoisotopic (exact) mass is 481 g/mol. The largest absolute Gasteiger partial charge is 0.306 e. The second kappa shape index (κ2) is 12.6. The van der Waals surface area contributed by atoms with E-state index in [4.69, 9.17) is 0 Å². The lowest BCUT2D eigenvalue weighted by atomic mass is 9.54. The highest BCUT2D eigenvalue weighted by Gasteiger charge is 2.64. The Labute approximate surface area is 207 Å². The van der Waals surface area contributed by atoms with Crippen LogP contribution in [0.25, 0.3) is 0 Å². The molecular weight excluding hydrogens is 435 g/mol. The molecule has 0 aromatic carbocycles. The number of hydrogen-bond acceptors (Lipinski definition) is 0. The molecule has 0 spiro atoms. The fourth-order valence-electron chi connectivity index (χ4n) is 5.09. The molecule has 193 valence electrons. The molecule has 0 N–H and O–H groups in total. The molecule has 5 heteroatoms. The van der Waals surface area contributed by atoms with E-state index in [1.807, 2.05) is 6.08 Å². The normalized spacial score (nSPS) is 19.7. The molecule has 0 aliphatic heterocycles. The highest BCUT2D eigenvalue weighted by atomic mass is 19.3. The fourth-order valence-corrected chi connectivity index (χ4v) is 5.09. The summed E-state index contributed by atoms with van der Waals surface area (Å²) >= 11 is 0. The molecule has 1 radical (unpaired) electrons. The molecule has 0 aromatic heterocycles. The van der Waals surface area contributed by atoms with Gasteiger partial charge in [-0.05, 0) is 61.5 Å². The molecule has 0 atom stereocenters. The van der Waals surface area contributed by atoms with Crippen molar-refractivity contribution in [2.45, 2.75) is 124 Å². The van der Waals surface area contributed by atoms with Crippen LogP contribution >= 0.6 is 0 Å². The van der Waals surface area contributed by atoms with Crippen molar-refractivity contribution in [2.75, 3.05) is 0 Å². The maximum Gasteiger partial charge on any atom is 0.306 e. The Morgan fingerprint density at radius 1 is 0.853 bits per heavy atom. The first kappa shape index (κ1) is 30.8. The van der Waals surface area contributed by atoms with Crippen molar-refractivity contribution < 1.29 is 17.6 Å². The van der Waals surface area contributed by atoms with E-state index >= 15 is 17.6 Å². The minimum atomic E-state index is -4.29. The molecule has 0 saturated heterocycles. The van der Waals surface area contributed by atoms with Crippen molar-refractivity contribution in [3.63, 3.8) is 0 Å². The minimum Gasteiger partial charge on any atom is -0.211 e. The maximum absolute atomic E-state index is 15.3. The third kappa shape index (κ3) is 6.69. The topological polar surface area (TPSA) is 0 Å². The van der Waals surface area contributed by atoms with Crippen molar-refractivity contribution in [2.24, 2.45) is 10.8 Å². The number of rotatable bonds is 12. The van der Waals surface area contributed by atoms with Crippen LogP contribution in [-0.4, -0.2) is 19.0 Å². The summed E-state index contributed by atoms with van der Waals surface area (Å²) < 4.78 is 61.2. The molecule has 0 heterocycles. The lowest BCUT2D eigenvalue weighted by Gasteiger charge is -2.41. The van der Waals surface area contributed by atoms with Gasteiger partial charge in [-0.25, -0.2) is 17.6 Å². The average Bonchev–Trinajstić information content (AvgIpc) is 2.77. The van der Waals surface area contributed by atoms with E-state index in [0.29, 0.717) is 13.7 Å². The van der Waals surface area contributed by atoms with Crippen LogP contribution in [0.5, 0.6) is 0 Å². The van der Waals surface area contributed by atoms with Gasteiger partial charge >= 0.3 is 5.92 Å². The summed E-state index contributed by atoms with van der Waals surface area (Å²) in [5.74, 6) is -8.46. The van der Waals surface area contributed by atoms with Gasteiger partial charge in [0.2, 0.25) is 0 Å². The van der Waals surface area contributed by atoms with Crippen molar-refractivity contribution in [3.05, 3.63) is 47.5 Å². The van der Waals surface area contributed by atoms with Gasteiger partial charge < -0.3 is 0 Å². The molecule has 0 aromatic rings. The maximum atomic E-state index is 15.3. The van der Waals surface area contributed by atoms with Gasteiger partial charge in [0.15, 0.2) is 0 Å². The quantitative estimate of drug-likeness (QED) is 0.192. The van der Waals surface area contributed by atoms with E-state index in [-0.39, 0.29) is 23.7 Å². The Balaban J connectivity index is 3.71. The van der Waals surface area contributed by atoms with Gasteiger partial charge in [0.05, 0.1) is 0 Å². The molecular formula is C29H46BF4. The molecule has 34 heavy (non-hydrogen) atoms. The summed E-state index contributed by atoms with van der Waals surface area (Å²) in [6.07, 6.45) is 11.4. The van der Waals surface area contributed by atoms with E-state index in [1.165, 1.54) is 13.0 Å².